The molecule has 0 spiro atoms. The Hall–Kier alpha value is -2.67. The van der Waals surface area contributed by atoms with Gasteiger partial charge in [-0.1, -0.05) is 6.07 Å². The molecule has 2 aromatic heterocycles. The first kappa shape index (κ1) is 16.2. The summed E-state index contributed by atoms with van der Waals surface area (Å²) in [4.78, 5) is 32.8. The maximum absolute atomic E-state index is 12.2. The van der Waals surface area contributed by atoms with Gasteiger partial charge in [0.2, 0.25) is 5.91 Å². The Labute approximate surface area is 144 Å². The second-order valence-corrected chi connectivity index (χ2v) is 6.31. The molecule has 1 aliphatic heterocycles. The Balaban J connectivity index is 1.48. The molecule has 0 unspecified atom stereocenters. The predicted molar refractivity (Wildman–Crippen MR) is 94.8 cm³/mol. The van der Waals surface area contributed by atoms with E-state index in [1.807, 2.05) is 23.6 Å². The monoisotopic (exact) mass is 342 g/mol. The van der Waals surface area contributed by atoms with Gasteiger partial charge in [0.15, 0.2) is 0 Å². The van der Waals surface area contributed by atoms with Crippen LogP contribution in [0.5, 0.6) is 0 Å². The molecular formula is C17H18N4O2S. The fourth-order valence-corrected chi connectivity index (χ4v) is 3.03. The third-order valence-electron chi connectivity index (χ3n) is 3.74. The summed E-state index contributed by atoms with van der Waals surface area (Å²) >= 11 is 1.59. The maximum Gasteiger partial charge on any atom is 0.321 e. The van der Waals surface area contributed by atoms with E-state index >= 15 is 0 Å². The number of pyridine rings is 1. The van der Waals surface area contributed by atoms with Gasteiger partial charge in [-0.25, -0.2) is 4.79 Å². The number of amides is 3. The molecule has 0 bridgehead atoms. The van der Waals surface area contributed by atoms with Crippen molar-refractivity contribution in [3.05, 3.63) is 53.0 Å². The average Bonchev–Trinajstić information content (AvgIpc) is 3.14. The van der Waals surface area contributed by atoms with E-state index < -0.39 is 0 Å². The van der Waals surface area contributed by atoms with Crippen molar-refractivity contribution in [2.24, 2.45) is 0 Å². The molecule has 3 rings (SSSR count). The molecular weight excluding hydrogens is 324 g/mol. The van der Waals surface area contributed by atoms with E-state index in [9.17, 15) is 9.59 Å². The molecule has 7 heteroatoms. The van der Waals surface area contributed by atoms with Crippen molar-refractivity contribution in [2.45, 2.75) is 0 Å². The number of urea groups is 1. The number of thiophene rings is 1. The molecule has 1 aliphatic rings. The lowest BCUT2D eigenvalue weighted by Crippen LogP contribution is -2.51. The number of carbonyl (C=O) groups excluding carboxylic acids is 2. The number of nitrogens with zero attached hydrogens (tertiary/aromatic N) is 3. The molecule has 2 aromatic rings. The Bertz CT molecular complexity index is 707. The average molecular weight is 342 g/mol. The van der Waals surface area contributed by atoms with Gasteiger partial charge in [0.1, 0.15) is 0 Å². The first-order valence-electron chi connectivity index (χ1n) is 7.69. The Morgan fingerprint density at radius 2 is 1.79 bits per heavy atom. The van der Waals surface area contributed by atoms with Gasteiger partial charge in [-0.3, -0.25) is 9.78 Å². The SMILES string of the molecule is O=C(C=Cc1cccs1)N1CCN(C(=O)Nc2ccncc2)CC1. The third-order valence-corrected chi connectivity index (χ3v) is 4.58. The molecule has 24 heavy (non-hydrogen) atoms. The van der Waals surface area contributed by atoms with Crippen LogP contribution < -0.4 is 5.32 Å². The number of hydrogen-bond acceptors (Lipinski definition) is 4. The Morgan fingerprint density at radius 3 is 2.46 bits per heavy atom. The normalized spacial score (nSPS) is 14.8. The first-order chi connectivity index (χ1) is 11.7. The molecule has 0 saturated carbocycles. The second kappa shape index (κ2) is 7.74. The summed E-state index contributed by atoms with van der Waals surface area (Å²) in [6.07, 6.45) is 6.69. The topological polar surface area (TPSA) is 65.5 Å². The van der Waals surface area contributed by atoms with Crippen molar-refractivity contribution in [3.8, 4) is 0 Å². The van der Waals surface area contributed by atoms with Crippen molar-refractivity contribution in [1.29, 1.82) is 0 Å². The summed E-state index contributed by atoms with van der Waals surface area (Å²) in [5, 5.41) is 4.81. The number of nitrogens with one attached hydrogen (secondary N) is 1. The van der Waals surface area contributed by atoms with Gasteiger partial charge >= 0.3 is 6.03 Å². The van der Waals surface area contributed by atoms with Crippen LogP contribution in [0.15, 0.2) is 48.1 Å². The van der Waals surface area contributed by atoms with E-state index in [2.05, 4.69) is 10.3 Å². The van der Waals surface area contributed by atoms with Crippen LogP contribution in [0.2, 0.25) is 0 Å². The second-order valence-electron chi connectivity index (χ2n) is 5.33. The minimum atomic E-state index is -0.151. The molecule has 1 N–H and O–H groups in total. The highest BCUT2D eigenvalue weighted by atomic mass is 32.1. The molecule has 124 valence electrons. The fraction of sp³-hybridized carbons (Fsp3) is 0.235. The lowest BCUT2D eigenvalue weighted by atomic mass is 10.3. The summed E-state index contributed by atoms with van der Waals surface area (Å²) in [5.41, 5.74) is 0.715. The number of rotatable bonds is 3. The Kier molecular flexibility index (Phi) is 5.22. The van der Waals surface area contributed by atoms with Crippen molar-refractivity contribution in [2.75, 3.05) is 31.5 Å². The zero-order valence-electron chi connectivity index (χ0n) is 13.1. The van der Waals surface area contributed by atoms with Gasteiger partial charge in [-0.15, -0.1) is 11.3 Å². The van der Waals surface area contributed by atoms with Gasteiger partial charge in [-0.2, -0.15) is 0 Å². The van der Waals surface area contributed by atoms with Crippen LogP contribution in [0.3, 0.4) is 0 Å². The fourth-order valence-electron chi connectivity index (χ4n) is 2.41. The molecule has 0 radical (unpaired) electrons. The quantitative estimate of drug-likeness (QED) is 0.872. The highest BCUT2D eigenvalue weighted by Crippen LogP contribution is 2.12. The first-order valence-corrected chi connectivity index (χ1v) is 8.57. The van der Waals surface area contributed by atoms with Crippen LogP contribution >= 0.6 is 11.3 Å². The van der Waals surface area contributed by atoms with Gasteiger partial charge in [-0.05, 0) is 29.7 Å². The molecule has 3 heterocycles. The number of piperazine rings is 1. The number of hydrogen-bond donors (Lipinski definition) is 1. The Morgan fingerprint density at radius 1 is 1.08 bits per heavy atom. The van der Waals surface area contributed by atoms with Crippen LogP contribution in [-0.2, 0) is 4.79 Å². The summed E-state index contributed by atoms with van der Waals surface area (Å²) in [5.74, 6) is -0.0161. The summed E-state index contributed by atoms with van der Waals surface area (Å²) in [7, 11) is 0. The van der Waals surface area contributed by atoms with E-state index in [-0.39, 0.29) is 11.9 Å². The highest BCUT2D eigenvalue weighted by molar-refractivity contribution is 7.10. The largest absolute Gasteiger partial charge is 0.336 e. The van der Waals surface area contributed by atoms with Gasteiger partial charge in [0.05, 0.1) is 0 Å². The van der Waals surface area contributed by atoms with E-state index in [0.29, 0.717) is 31.9 Å². The molecule has 1 saturated heterocycles. The van der Waals surface area contributed by atoms with Crippen molar-refractivity contribution < 1.29 is 9.59 Å². The smallest absolute Gasteiger partial charge is 0.321 e. The standard InChI is InChI=1S/C17H18N4O2S/c22-16(4-3-15-2-1-13-24-15)20-9-11-21(12-10-20)17(23)19-14-5-7-18-8-6-14/h1-8,13H,9-12H2,(H,18,19,23). The number of aromatic nitrogens is 1. The van der Waals surface area contributed by atoms with E-state index in [1.54, 1.807) is 51.7 Å². The summed E-state index contributed by atoms with van der Waals surface area (Å²) in [6.45, 7) is 2.12. The third kappa shape index (κ3) is 4.20. The van der Waals surface area contributed by atoms with Crippen LogP contribution in [0.1, 0.15) is 4.88 Å². The predicted octanol–water partition coefficient (Wildman–Crippen LogP) is 2.53. The van der Waals surface area contributed by atoms with Gasteiger partial charge in [0, 0.05) is 55.2 Å². The van der Waals surface area contributed by atoms with Crippen molar-refractivity contribution in [3.63, 3.8) is 0 Å². The molecule has 6 nitrogen and oxygen atoms in total. The zero-order chi connectivity index (χ0) is 16.8. The molecule has 0 aromatic carbocycles. The number of anilines is 1. The molecule has 3 amide bonds. The number of carbonyl (C=O) groups is 2. The lowest BCUT2D eigenvalue weighted by Gasteiger charge is -2.34. The zero-order valence-corrected chi connectivity index (χ0v) is 13.9. The van der Waals surface area contributed by atoms with E-state index in [4.69, 9.17) is 0 Å². The van der Waals surface area contributed by atoms with Crippen LogP contribution in [0, 0.1) is 0 Å². The maximum atomic E-state index is 12.2. The van der Waals surface area contributed by atoms with E-state index in [1.165, 1.54) is 0 Å². The van der Waals surface area contributed by atoms with Crippen LogP contribution in [-0.4, -0.2) is 52.9 Å². The van der Waals surface area contributed by atoms with Gasteiger partial charge < -0.3 is 15.1 Å². The lowest BCUT2D eigenvalue weighted by molar-refractivity contribution is -0.127. The minimum absolute atomic E-state index is 0.0161. The van der Waals surface area contributed by atoms with Crippen molar-refractivity contribution >= 4 is 35.0 Å². The van der Waals surface area contributed by atoms with Crippen molar-refractivity contribution in [1.82, 2.24) is 14.8 Å². The minimum Gasteiger partial charge on any atom is -0.336 e. The van der Waals surface area contributed by atoms with Crippen LogP contribution in [0.4, 0.5) is 10.5 Å². The molecule has 0 atom stereocenters. The molecule has 1 fully saturated rings. The van der Waals surface area contributed by atoms with E-state index in [0.717, 1.165) is 4.88 Å². The van der Waals surface area contributed by atoms with Gasteiger partial charge in [0.25, 0.3) is 0 Å². The highest BCUT2D eigenvalue weighted by Gasteiger charge is 2.23. The van der Waals surface area contributed by atoms with Crippen LogP contribution in [0.25, 0.3) is 6.08 Å². The summed E-state index contributed by atoms with van der Waals surface area (Å²) in [6, 6.07) is 7.26. The molecule has 0 aliphatic carbocycles. The summed E-state index contributed by atoms with van der Waals surface area (Å²) < 4.78 is 0.